The molecule has 0 atom stereocenters. The molecule has 0 spiro atoms. The van der Waals surface area contributed by atoms with Crippen LogP contribution in [0.4, 0.5) is 0 Å². The molecule has 2 heteroatoms. The van der Waals surface area contributed by atoms with Crippen molar-refractivity contribution in [1.82, 2.24) is 0 Å². The van der Waals surface area contributed by atoms with Crippen LogP contribution in [-0.2, 0) is 0 Å². The number of hydrogen-bond donors (Lipinski definition) is 1. The standard InChI is InChI=1S/C15H16O2/c16-15(17)14-8-4-7-13(11-14)10-9-12-5-2-1-3-6-12/h4,7-8,11-12H,1-3,5-6H2,(H,16,17). The number of carboxylic acid groups (broad SMARTS) is 1. The Bertz CT molecular complexity index is 459. The fourth-order valence-corrected chi connectivity index (χ4v) is 2.16. The van der Waals surface area contributed by atoms with E-state index >= 15 is 0 Å². The van der Waals surface area contributed by atoms with Gasteiger partial charge >= 0.3 is 5.97 Å². The van der Waals surface area contributed by atoms with Gasteiger partial charge < -0.3 is 5.11 Å². The second kappa shape index (κ2) is 5.54. The van der Waals surface area contributed by atoms with E-state index in [-0.39, 0.29) is 0 Å². The van der Waals surface area contributed by atoms with Crippen LogP contribution < -0.4 is 0 Å². The maximum absolute atomic E-state index is 10.8. The van der Waals surface area contributed by atoms with Crippen LogP contribution >= 0.6 is 0 Å². The summed E-state index contributed by atoms with van der Waals surface area (Å²) in [6, 6.07) is 6.84. The van der Waals surface area contributed by atoms with Gasteiger partial charge in [0.15, 0.2) is 0 Å². The Kier molecular flexibility index (Phi) is 3.82. The Hall–Kier alpha value is -1.75. The Morgan fingerprint density at radius 2 is 2.00 bits per heavy atom. The molecule has 0 radical (unpaired) electrons. The summed E-state index contributed by atoms with van der Waals surface area (Å²) in [6.45, 7) is 0. The van der Waals surface area contributed by atoms with E-state index in [4.69, 9.17) is 5.11 Å². The highest BCUT2D eigenvalue weighted by molar-refractivity contribution is 5.87. The summed E-state index contributed by atoms with van der Waals surface area (Å²) < 4.78 is 0. The highest BCUT2D eigenvalue weighted by Gasteiger charge is 2.10. The molecule has 0 saturated heterocycles. The van der Waals surface area contributed by atoms with E-state index < -0.39 is 5.97 Å². The molecule has 2 nitrogen and oxygen atoms in total. The van der Waals surface area contributed by atoms with Gasteiger partial charge in [-0.1, -0.05) is 37.2 Å². The van der Waals surface area contributed by atoms with E-state index in [1.165, 1.54) is 32.1 Å². The molecule has 2 rings (SSSR count). The molecule has 1 fully saturated rings. The molecular weight excluding hydrogens is 212 g/mol. The van der Waals surface area contributed by atoms with Crippen LogP contribution in [0.1, 0.15) is 48.0 Å². The predicted molar refractivity (Wildman–Crippen MR) is 66.9 cm³/mol. The van der Waals surface area contributed by atoms with Crippen molar-refractivity contribution in [2.24, 2.45) is 5.92 Å². The second-order valence-electron chi connectivity index (χ2n) is 4.49. The molecule has 17 heavy (non-hydrogen) atoms. The third-order valence-corrected chi connectivity index (χ3v) is 3.14. The molecule has 0 heterocycles. The lowest BCUT2D eigenvalue weighted by Crippen LogP contribution is -2.03. The summed E-state index contributed by atoms with van der Waals surface area (Å²) >= 11 is 0. The number of hydrogen-bond acceptors (Lipinski definition) is 1. The summed E-state index contributed by atoms with van der Waals surface area (Å²) in [5, 5.41) is 8.88. The Labute approximate surface area is 102 Å². The Balaban J connectivity index is 2.09. The minimum atomic E-state index is -0.897. The largest absolute Gasteiger partial charge is 0.478 e. The van der Waals surface area contributed by atoms with Gasteiger partial charge in [-0.15, -0.1) is 0 Å². The van der Waals surface area contributed by atoms with E-state index in [2.05, 4.69) is 11.8 Å². The second-order valence-corrected chi connectivity index (χ2v) is 4.49. The average Bonchev–Trinajstić information content (AvgIpc) is 2.38. The summed E-state index contributed by atoms with van der Waals surface area (Å²) in [6.07, 6.45) is 6.24. The predicted octanol–water partition coefficient (Wildman–Crippen LogP) is 3.32. The van der Waals surface area contributed by atoms with Crippen LogP contribution in [0.15, 0.2) is 24.3 Å². The maximum Gasteiger partial charge on any atom is 0.335 e. The molecule has 1 aliphatic carbocycles. The lowest BCUT2D eigenvalue weighted by atomic mass is 9.89. The van der Waals surface area contributed by atoms with Crippen molar-refractivity contribution in [1.29, 1.82) is 0 Å². The number of carboxylic acids is 1. The first-order valence-corrected chi connectivity index (χ1v) is 6.10. The lowest BCUT2D eigenvalue weighted by molar-refractivity contribution is 0.0697. The zero-order chi connectivity index (χ0) is 12.1. The number of carbonyl (C=O) groups is 1. The van der Waals surface area contributed by atoms with Crippen LogP contribution in [0.25, 0.3) is 0 Å². The van der Waals surface area contributed by atoms with E-state index in [0.717, 1.165) is 5.56 Å². The summed E-state index contributed by atoms with van der Waals surface area (Å²) in [4.78, 5) is 10.8. The van der Waals surface area contributed by atoms with Gasteiger partial charge in [0.05, 0.1) is 5.56 Å². The molecule has 0 unspecified atom stereocenters. The minimum Gasteiger partial charge on any atom is -0.478 e. The van der Waals surface area contributed by atoms with Crippen LogP contribution in [0.5, 0.6) is 0 Å². The SMILES string of the molecule is O=C(O)c1cccc(C#CC2CCCCC2)c1. The van der Waals surface area contributed by atoms with Crippen molar-refractivity contribution in [3.63, 3.8) is 0 Å². The van der Waals surface area contributed by atoms with Gasteiger partial charge in [-0.05, 0) is 31.0 Å². The highest BCUT2D eigenvalue weighted by Crippen LogP contribution is 2.22. The maximum atomic E-state index is 10.8. The zero-order valence-electron chi connectivity index (χ0n) is 9.78. The Morgan fingerprint density at radius 3 is 2.71 bits per heavy atom. The molecule has 0 bridgehead atoms. The number of benzene rings is 1. The van der Waals surface area contributed by atoms with Gasteiger partial charge in [0, 0.05) is 11.5 Å². The van der Waals surface area contributed by atoms with Gasteiger partial charge in [-0.3, -0.25) is 0 Å². The van der Waals surface area contributed by atoms with Crippen molar-refractivity contribution in [3.05, 3.63) is 35.4 Å². The summed E-state index contributed by atoms with van der Waals surface area (Å²) in [5.41, 5.74) is 1.11. The smallest absolute Gasteiger partial charge is 0.335 e. The quantitative estimate of drug-likeness (QED) is 0.749. The van der Waals surface area contributed by atoms with Crippen molar-refractivity contribution < 1.29 is 9.90 Å². The normalized spacial score (nSPS) is 16.0. The fraction of sp³-hybridized carbons (Fsp3) is 0.400. The summed E-state index contributed by atoms with van der Waals surface area (Å²) in [5.74, 6) is 5.96. The van der Waals surface area contributed by atoms with Crippen LogP contribution in [0.2, 0.25) is 0 Å². The fourth-order valence-electron chi connectivity index (χ4n) is 2.16. The van der Waals surface area contributed by atoms with Crippen molar-refractivity contribution >= 4 is 5.97 Å². The van der Waals surface area contributed by atoms with Gasteiger partial charge in [-0.2, -0.15) is 0 Å². The third kappa shape index (κ3) is 3.35. The molecule has 0 aromatic heterocycles. The first-order valence-electron chi connectivity index (χ1n) is 6.10. The van der Waals surface area contributed by atoms with Crippen molar-refractivity contribution in [2.45, 2.75) is 32.1 Å². The molecular formula is C15H16O2. The first kappa shape index (κ1) is 11.7. The topological polar surface area (TPSA) is 37.3 Å². The molecule has 1 aromatic carbocycles. The van der Waals surface area contributed by atoms with Crippen molar-refractivity contribution in [3.8, 4) is 11.8 Å². The van der Waals surface area contributed by atoms with E-state index in [9.17, 15) is 4.79 Å². The molecule has 1 N–H and O–H groups in total. The molecule has 1 aliphatic rings. The zero-order valence-corrected chi connectivity index (χ0v) is 9.78. The van der Waals surface area contributed by atoms with Crippen LogP contribution in [-0.4, -0.2) is 11.1 Å². The van der Waals surface area contributed by atoms with Gasteiger partial charge in [0.2, 0.25) is 0 Å². The van der Waals surface area contributed by atoms with Crippen LogP contribution in [0.3, 0.4) is 0 Å². The van der Waals surface area contributed by atoms with E-state index in [1.807, 2.05) is 6.07 Å². The van der Waals surface area contributed by atoms with Gasteiger partial charge in [0.25, 0.3) is 0 Å². The van der Waals surface area contributed by atoms with Gasteiger partial charge in [0.1, 0.15) is 0 Å². The molecule has 88 valence electrons. The molecule has 0 aliphatic heterocycles. The third-order valence-electron chi connectivity index (χ3n) is 3.14. The number of aromatic carboxylic acids is 1. The van der Waals surface area contributed by atoms with Gasteiger partial charge in [-0.25, -0.2) is 4.79 Å². The van der Waals surface area contributed by atoms with Crippen LogP contribution in [0, 0.1) is 17.8 Å². The molecule has 0 amide bonds. The average molecular weight is 228 g/mol. The van der Waals surface area contributed by atoms with E-state index in [0.29, 0.717) is 11.5 Å². The minimum absolute atomic E-state index is 0.306. The Morgan fingerprint density at radius 1 is 1.24 bits per heavy atom. The highest BCUT2D eigenvalue weighted by atomic mass is 16.4. The summed E-state index contributed by atoms with van der Waals surface area (Å²) in [7, 11) is 0. The molecule has 1 aromatic rings. The monoisotopic (exact) mass is 228 g/mol. The van der Waals surface area contributed by atoms with E-state index in [1.54, 1.807) is 18.2 Å². The van der Waals surface area contributed by atoms with Crippen molar-refractivity contribution in [2.75, 3.05) is 0 Å². The first-order chi connectivity index (χ1) is 8.25. The number of rotatable bonds is 1. The lowest BCUT2D eigenvalue weighted by Gasteiger charge is -2.15. The molecule has 1 saturated carbocycles.